The number of aryl methyl sites for hydroxylation is 1. The molecule has 6 nitrogen and oxygen atoms in total. The number of aromatic nitrogens is 3. The largest absolute Gasteiger partial charge is 0.384 e. The standard InChI is InChI=1S/C15H16N4O2/c1-12-4-5-13(3-2-10-20)11-14(12)15(21)16-6-8-19-9-7-17-18-19/h4-5,7,9,11,20H,6,8,10H2,1H3,(H,16,21). The minimum Gasteiger partial charge on any atom is -0.384 e. The van der Waals surface area contributed by atoms with Gasteiger partial charge in [-0.15, -0.1) is 5.10 Å². The molecule has 108 valence electrons. The third-order valence-electron chi connectivity index (χ3n) is 2.89. The van der Waals surface area contributed by atoms with Crippen LogP contribution in [0.25, 0.3) is 0 Å². The first-order chi connectivity index (χ1) is 10.2. The number of nitrogens with zero attached hydrogens (tertiary/aromatic N) is 3. The lowest BCUT2D eigenvalue weighted by molar-refractivity contribution is 0.0951. The number of rotatable bonds is 4. The highest BCUT2D eigenvalue weighted by atomic mass is 16.2. The van der Waals surface area contributed by atoms with Gasteiger partial charge in [-0.2, -0.15) is 0 Å². The summed E-state index contributed by atoms with van der Waals surface area (Å²) in [5.74, 6) is 5.21. The lowest BCUT2D eigenvalue weighted by Crippen LogP contribution is -2.28. The molecular weight excluding hydrogens is 268 g/mol. The van der Waals surface area contributed by atoms with E-state index in [-0.39, 0.29) is 12.5 Å². The Morgan fingerprint density at radius 2 is 2.33 bits per heavy atom. The van der Waals surface area contributed by atoms with Gasteiger partial charge in [0.1, 0.15) is 6.61 Å². The smallest absolute Gasteiger partial charge is 0.251 e. The van der Waals surface area contributed by atoms with Crippen LogP contribution in [0.15, 0.2) is 30.6 Å². The molecule has 0 unspecified atom stereocenters. The molecule has 1 aromatic carbocycles. The van der Waals surface area contributed by atoms with Crippen molar-refractivity contribution < 1.29 is 9.90 Å². The first kappa shape index (κ1) is 14.8. The molecule has 0 radical (unpaired) electrons. The van der Waals surface area contributed by atoms with Crippen molar-refractivity contribution in [1.82, 2.24) is 20.3 Å². The number of aliphatic hydroxyl groups is 1. The average molecular weight is 284 g/mol. The molecule has 0 aliphatic heterocycles. The molecule has 1 aromatic heterocycles. The maximum Gasteiger partial charge on any atom is 0.251 e. The number of carbonyl (C=O) groups excluding carboxylic acids is 1. The molecule has 0 aliphatic carbocycles. The van der Waals surface area contributed by atoms with Gasteiger partial charge in [-0.05, 0) is 24.6 Å². The van der Waals surface area contributed by atoms with Gasteiger partial charge in [0.25, 0.3) is 5.91 Å². The van der Waals surface area contributed by atoms with E-state index in [0.29, 0.717) is 24.2 Å². The molecule has 1 amide bonds. The van der Waals surface area contributed by atoms with E-state index in [4.69, 9.17) is 5.11 Å². The van der Waals surface area contributed by atoms with Crippen LogP contribution in [0, 0.1) is 18.8 Å². The monoisotopic (exact) mass is 284 g/mol. The number of benzene rings is 1. The summed E-state index contributed by atoms with van der Waals surface area (Å²) in [6.45, 7) is 2.70. The van der Waals surface area contributed by atoms with Crippen molar-refractivity contribution in [2.24, 2.45) is 0 Å². The maximum absolute atomic E-state index is 12.2. The SMILES string of the molecule is Cc1ccc(C#CCO)cc1C(=O)NCCn1ccnn1. The van der Waals surface area contributed by atoms with Crippen LogP contribution in [0.2, 0.25) is 0 Å². The van der Waals surface area contributed by atoms with E-state index in [2.05, 4.69) is 27.5 Å². The van der Waals surface area contributed by atoms with Gasteiger partial charge in [0.05, 0.1) is 12.7 Å². The number of hydrogen-bond donors (Lipinski definition) is 2. The molecule has 0 aliphatic rings. The van der Waals surface area contributed by atoms with Crippen molar-refractivity contribution >= 4 is 5.91 Å². The van der Waals surface area contributed by atoms with Crippen molar-refractivity contribution in [3.63, 3.8) is 0 Å². The summed E-state index contributed by atoms with van der Waals surface area (Å²) in [7, 11) is 0. The first-order valence-corrected chi connectivity index (χ1v) is 6.53. The summed E-state index contributed by atoms with van der Waals surface area (Å²) in [6.07, 6.45) is 3.33. The molecule has 2 rings (SSSR count). The summed E-state index contributed by atoms with van der Waals surface area (Å²) in [5.41, 5.74) is 2.16. The Kier molecular flexibility index (Phi) is 5.07. The molecule has 0 spiro atoms. The summed E-state index contributed by atoms with van der Waals surface area (Å²) < 4.78 is 1.65. The molecule has 0 saturated heterocycles. The fourth-order valence-electron chi connectivity index (χ4n) is 1.82. The topological polar surface area (TPSA) is 80.0 Å². The van der Waals surface area contributed by atoms with E-state index in [1.807, 2.05) is 19.1 Å². The second-order valence-electron chi connectivity index (χ2n) is 4.41. The van der Waals surface area contributed by atoms with Crippen LogP contribution in [0.3, 0.4) is 0 Å². The lowest BCUT2D eigenvalue weighted by Gasteiger charge is -2.08. The molecule has 0 saturated carbocycles. The highest BCUT2D eigenvalue weighted by molar-refractivity contribution is 5.96. The Morgan fingerprint density at radius 1 is 1.48 bits per heavy atom. The van der Waals surface area contributed by atoms with Crippen LogP contribution in [0.5, 0.6) is 0 Å². The Morgan fingerprint density at radius 3 is 3.05 bits per heavy atom. The Balaban J connectivity index is 2.00. The quantitative estimate of drug-likeness (QED) is 0.795. The lowest BCUT2D eigenvalue weighted by atomic mass is 10.0. The predicted molar refractivity (Wildman–Crippen MR) is 77.5 cm³/mol. The molecule has 21 heavy (non-hydrogen) atoms. The van der Waals surface area contributed by atoms with Gasteiger partial charge in [0.15, 0.2) is 0 Å². The second-order valence-corrected chi connectivity index (χ2v) is 4.41. The van der Waals surface area contributed by atoms with E-state index < -0.39 is 0 Å². The van der Waals surface area contributed by atoms with Crippen molar-refractivity contribution in [2.45, 2.75) is 13.5 Å². The van der Waals surface area contributed by atoms with Crippen LogP contribution in [-0.2, 0) is 6.54 Å². The third-order valence-corrected chi connectivity index (χ3v) is 2.89. The highest BCUT2D eigenvalue weighted by Crippen LogP contribution is 2.10. The van der Waals surface area contributed by atoms with Crippen LogP contribution < -0.4 is 5.32 Å². The van der Waals surface area contributed by atoms with Crippen molar-refractivity contribution in [1.29, 1.82) is 0 Å². The molecule has 2 N–H and O–H groups in total. The van der Waals surface area contributed by atoms with Gasteiger partial charge in [-0.3, -0.25) is 9.48 Å². The van der Waals surface area contributed by atoms with E-state index in [0.717, 1.165) is 5.56 Å². The number of carbonyl (C=O) groups is 1. The number of nitrogens with one attached hydrogen (secondary N) is 1. The minimum atomic E-state index is -0.201. The van der Waals surface area contributed by atoms with Crippen LogP contribution in [0.1, 0.15) is 21.5 Å². The summed E-state index contributed by atoms with van der Waals surface area (Å²) >= 11 is 0. The van der Waals surface area contributed by atoms with Gasteiger partial charge in [-0.1, -0.05) is 23.1 Å². The Labute approximate surface area is 122 Å². The average Bonchev–Trinajstić information content (AvgIpc) is 2.99. The number of aliphatic hydroxyl groups excluding tert-OH is 1. The molecular formula is C15H16N4O2. The molecule has 0 bridgehead atoms. The van der Waals surface area contributed by atoms with Gasteiger partial charge in [-0.25, -0.2) is 0 Å². The zero-order chi connectivity index (χ0) is 15.1. The van der Waals surface area contributed by atoms with Gasteiger partial charge in [0.2, 0.25) is 0 Å². The molecule has 6 heteroatoms. The highest BCUT2D eigenvalue weighted by Gasteiger charge is 2.09. The van der Waals surface area contributed by atoms with E-state index in [1.54, 1.807) is 23.1 Å². The maximum atomic E-state index is 12.2. The Hall–Kier alpha value is -2.65. The number of hydrogen-bond acceptors (Lipinski definition) is 4. The van der Waals surface area contributed by atoms with E-state index in [1.165, 1.54) is 0 Å². The molecule has 2 aromatic rings. The van der Waals surface area contributed by atoms with Gasteiger partial charge >= 0.3 is 0 Å². The summed E-state index contributed by atoms with van der Waals surface area (Å²) in [6, 6.07) is 5.39. The normalized spacial score (nSPS) is 9.81. The van der Waals surface area contributed by atoms with Crippen molar-refractivity contribution in [2.75, 3.05) is 13.2 Å². The van der Waals surface area contributed by atoms with Crippen LogP contribution in [-0.4, -0.2) is 39.2 Å². The second kappa shape index (κ2) is 7.22. The summed E-state index contributed by atoms with van der Waals surface area (Å²) in [5, 5.41) is 19.1. The van der Waals surface area contributed by atoms with Gasteiger partial charge in [0, 0.05) is 23.9 Å². The first-order valence-electron chi connectivity index (χ1n) is 6.53. The van der Waals surface area contributed by atoms with E-state index >= 15 is 0 Å². The molecule has 0 atom stereocenters. The number of amides is 1. The zero-order valence-electron chi connectivity index (χ0n) is 11.7. The van der Waals surface area contributed by atoms with E-state index in [9.17, 15) is 4.79 Å². The molecule has 0 fully saturated rings. The molecule has 1 heterocycles. The third kappa shape index (κ3) is 4.16. The fraction of sp³-hybridized carbons (Fsp3) is 0.267. The minimum absolute atomic E-state index is 0.153. The van der Waals surface area contributed by atoms with Crippen molar-refractivity contribution in [3.05, 3.63) is 47.3 Å². The van der Waals surface area contributed by atoms with Crippen molar-refractivity contribution in [3.8, 4) is 11.8 Å². The van der Waals surface area contributed by atoms with Crippen LogP contribution >= 0.6 is 0 Å². The van der Waals surface area contributed by atoms with Gasteiger partial charge < -0.3 is 10.4 Å². The summed E-state index contributed by atoms with van der Waals surface area (Å²) in [4.78, 5) is 12.2. The van der Waals surface area contributed by atoms with Crippen LogP contribution in [0.4, 0.5) is 0 Å². The zero-order valence-corrected chi connectivity index (χ0v) is 11.7. The fourth-order valence-corrected chi connectivity index (χ4v) is 1.82. The predicted octanol–water partition coefficient (Wildman–Crippen LogP) is 0.360. The Bertz CT molecular complexity index is 669.